The van der Waals surface area contributed by atoms with Crippen LogP contribution < -0.4 is 10.9 Å². The number of rotatable bonds is 8. The third-order valence-corrected chi connectivity index (χ3v) is 3.35. The molecule has 0 radical (unpaired) electrons. The van der Waals surface area contributed by atoms with E-state index in [4.69, 9.17) is 14.2 Å². The maximum absolute atomic E-state index is 12.2. The van der Waals surface area contributed by atoms with E-state index in [-0.39, 0.29) is 30.8 Å². The summed E-state index contributed by atoms with van der Waals surface area (Å²) in [7, 11) is 1.16. The van der Waals surface area contributed by atoms with Crippen molar-refractivity contribution in [3.05, 3.63) is 22.1 Å². The van der Waals surface area contributed by atoms with E-state index in [2.05, 4.69) is 20.0 Å². The lowest BCUT2D eigenvalue weighted by atomic mass is 9.96. The molecule has 1 heterocycles. The molecule has 27 heavy (non-hydrogen) atoms. The fourth-order valence-corrected chi connectivity index (χ4v) is 2.03. The maximum atomic E-state index is 12.2. The largest absolute Gasteiger partial charge is 0.508 e. The number of hydrogen-bond donors (Lipinski definition) is 2. The molecule has 10 nitrogen and oxygen atoms in total. The molecule has 0 fully saturated rings. The summed E-state index contributed by atoms with van der Waals surface area (Å²) < 4.78 is 20.7. The quantitative estimate of drug-likeness (QED) is 0.512. The highest BCUT2D eigenvalue weighted by atomic mass is 16.8. The molecule has 152 valence electrons. The smallest absolute Gasteiger partial charge is 0.438 e. The SMILES string of the molecule is CCOC(COC(=O)OC)(OCC)c1cc(=O)[nH]c(NC(=O)C(C)(C)C)n1. The fraction of sp³-hybridized carbons (Fsp3) is 0.647. The van der Waals surface area contributed by atoms with Crippen LogP contribution in [0.1, 0.15) is 40.3 Å². The van der Waals surface area contributed by atoms with Crippen LogP contribution in [0.15, 0.2) is 10.9 Å². The van der Waals surface area contributed by atoms with Gasteiger partial charge in [-0.15, -0.1) is 0 Å². The van der Waals surface area contributed by atoms with E-state index in [0.29, 0.717) is 0 Å². The summed E-state index contributed by atoms with van der Waals surface area (Å²) in [4.78, 5) is 42.4. The molecule has 1 amide bonds. The van der Waals surface area contributed by atoms with Gasteiger partial charge in [0.2, 0.25) is 17.6 Å². The predicted octanol–water partition coefficient (Wildman–Crippen LogP) is 1.76. The molecule has 0 aromatic carbocycles. The van der Waals surface area contributed by atoms with Crippen molar-refractivity contribution >= 4 is 18.0 Å². The van der Waals surface area contributed by atoms with Crippen LogP contribution in [0.25, 0.3) is 0 Å². The van der Waals surface area contributed by atoms with Crippen LogP contribution in [0.4, 0.5) is 10.7 Å². The fourth-order valence-electron chi connectivity index (χ4n) is 2.03. The molecular formula is C17H27N3O7. The molecule has 0 spiro atoms. The second-order valence-electron chi connectivity index (χ2n) is 6.55. The van der Waals surface area contributed by atoms with E-state index in [0.717, 1.165) is 13.2 Å². The van der Waals surface area contributed by atoms with Crippen LogP contribution in [0.5, 0.6) is 0 Å². The Bertz CT molecular complexity index is 703. The van der Waals surface area contributed by atoms with Gasteiger partial charge in [-0.25, -0.2) is 9.78 Å². The van der Waals surface area contributed by atoms with Gasteiger partial charge in [0.05, 0.1) is 7.11 Å². The highest BCUT2D eigenvalue weighted by molar-refractivity contribution is 5.92. The van der Waals surface area contributed by atoms with Crippen molar-refractivity contribution in [2.45, 2.75) is 40.4 Å². The molecule has 1 aromatic rings. The number of amides is 1. The first-order valence-electron chi connectivity index (χ1n) is 8.50. The van der Waals surface area contributed by atoms with Gasteiger partial charge in [-0.1, -0.05) is 20.8 Å². The van der Waals surface area contributed by atoms with Gasteiger partial charge in [-0.3, -0.25) is 19.9 Å². The number of nitrogens with zero attached hydrogens (tertiary/aromatic N) is 1. The Morgan fingerprint density at radius 1 is 1.19 bits per heavy atom. The van der Waals surface area contributed by atoms with Crippen LogP contribution in [-0.2, 0) is 29.5 Å². The van der Waals surface area contributed by atoms with Crippen LogP contribution in [0.3, 0.4) is 0 Å². The zero-order chi connectivity index (χ0) is 20.7. The third-order valence-electron chi connectivity index (χ3n) is 3.35. The minimum atomic E-state index is -1.63. The van der Waals surface area contributed by atoms with E-state index in [1.165, 1.54) is 0 Å². The highest BCUT2D eigenvalue weighted by Gasteiger charge is 2.39. The topological polar surface area (TPSA) is 129 Å². The standard InChI is InChI=1S/C17H27N3O7/c1-7-26-17(27-8-2,10-25-15(23)24-6)11-9-12(21)19-14(18-11)20-13(22)16(3,4)5/h9H,7-8,10H2,1-6H3,(H2,18,19,20,21,22). The first kappa shape index (κ1) is 22.6. The Labute approximate surface area is 157 Å². The van der Waals surface area contributed by atoms with Crippen molar-refractivity contribution in [1.29, 1.82) is 0 Å². The predicted molar refractivity (Wildman–Crippen MR) is 96.2 cm³/mol. The summed E-state index contributed by atoms with van der Waals surface area (Å²) >= 11 is 0. The summed E-state index contributed by atoms with van der Waals surface area (Å²) in [6.07, 6.45) is -0.940. The number of ether oxygens (including phenoxy) is 4. The summed E-state index contributed by atoms with van der Waals surface area (Å²) in [5, 5.41) is 2.55. The van der Waals surface area contributed by atoms with Gasteiger partial charge in [0.1, 0.15) is 5.69 Å². The lowest BCUT2D eigenvalue weighted by Crippen LogP contribution is -2.41. The molecule has 1 rings (SSSR count). The molecule has 0 aliphatic rings. The molecule has 0 saturated carbocycles. The monoisotopic (exact) mass is 385 g/mol. The van der Waals surface area contributed by atoms with Crippen molar-refractivity contribution in [3.63, 3.8) is 0 Å². The number of hydrogen-bond acceptors (Lipinski definition) is 8. The van der Waals surface area contributed by atoms with Gasteiger partial charge >= 0.3 is 6.16 Å². The number of anilines is 1. The van der Waals surface area contributed by atoms with Crippen molar-refractivity contribution in [2.24, 2.45) is 5.41 Å². The van der Waals surface area contributed by atoms with E-state index in [9.17, 15) is 14.4 Å². The molecule has 1 aromatic heterocycles. The zero-order valence-electron chi connectivity index (χ0n) is 16.5. The molecule has 0 unspecified atom stereocenters. The lowest BCUT2D eigenvalue weighted by Gasteiger charge is -2.31. The molecule has 0 aliphatic carbocycles. The van der Waals surface area contributed by atoms with Gasteiger partial charge in [-0.05, 0) is 13.8 Å². The zero-order valence-corrected chi connectivity index (χ0v) is 16.5. The van der Waals surface area contributed by atoms with Gasteiger partial charge in [0.15, 0.2) is 6.61 Å². The summed E-state index contributed by atoms with van der Waals surface area (Å²) in [6, 6.07) is 1.15. The first-order chi connectivity index (χ1) is 12.6. The average molecular weight is 385 g/mol. The summed E-state index contributed by atoms with van der Waals surface area (Å²) in [5.41, 5.74) is -1.19. The maximum Gasteiger partial charge on any atom is 0.508 e. The Hall–Kier alpha value is -2.46. The van der Waals surface area contributed by atoms with E-state index < -0.39 is 29.5 Å². The molecular weight excluding hydrogens is 358 g/mol. The van der Waals surface area contributed by atoms with Crippen LogP contribution in [-0.4, -0.2) is 49.0 Å². The van der Waals surface area contributed by atoms with Crippen LogP contribution in [0.2, 0.25) is 0 Å². The number of nitrogens with one attached hydrogen (secondary N) is 2. The minimum absolute atomic E-state index is 0.0445. The summed E-state index contributed by atoms with van der Waals surface area (Å²) in [5.74, 6) is -2.04. The average Bonchev–Trinajstić information content (AvgIpc) is 2.58. The molecule has 0 atom stereocenters. The lowest BCUT2D eigenvalue weighted by molar-refractivity contribution is -0.264. The molecule has 0 aliphatic heterocycles. The number of H-pyrrole nitrogens is 1. The van der Waals surface area contributed by atoms with Gasteiger partial charge in [0, 0.05) is 24.7 Å². The molecule has 0 saturated heterocycles. The summed E-state index contributed by atoms with van der Waals surface area (Å²) in [6.45, 7) is 8.55. The van der Waals surface area contributed by atoms with Crippen LogP contribution >= 0.6 is 0 Å². The Balaban J connectivity index is 3.33. The molecule has 0 bridgehead atoms. The Kier molecular flexibility index (Phi) is 7.92. The molecule has 10 heteroatoms. The van der Waals surface area contributed by atoms with E-state index >= 15 is 0 Å². The highest BCUT2D eigenvalue weighted by Crippen LogP contribution is 2.27. The Morgan fingerprint density at radius 2 is 1.78 bits per heavy atom. The third kappa shape index (κ3) is 6.33. The van der Waals surface area contributed by atoms with E-state index in [1.54, 1.807) is 34.6 Å². The van der Waals surface area contributed by atoms with Crippen molar-refractivity contribution in [2.75, 3.05) is 32.2 Å². The second-order valence-corrected chi connectivity index (χ2v) is 6.55. The van der Waals surface area contributed by atoms with E-state index in [1.807, 2.05) is 0 Å². The van der Waals surface area contributed by atoms with Crippen molar-refractivity contribution < 1.29 is 28.5 Å². The first-order valence-corrected chi connectivity index (χ1v) is 8.50. The number of carbonyl (C=O) groups excluding carboxylic acids is 2. The van der Waals surface area contributed by atoms with Gasteiger partial charge in [-0.2, -0.15) is 0 Å². The number of aromatic nitrogens is 2. The van der Waals surface area contributed by atoms with Gasteiger partial charge < -0.3 is 18.9 Å². The minimum Gasteiger partial charge on any atom is -0.438 e. The normalized spacial score (nSPS) is 11.8. The van der Waals surface area contributed by atoms with Crippen molar-refractivity contribution in [3.8, 4) is 0 Å². The Morgan fingerprint density at radius 3 is 2.26 bits per heavy atom. The van der Waals surface area contributed by atoms with Crippen LogP contribution in [0, 0.1) is 5.41 Å². The van der Waals surface area contributed by atoms with Crippen molar-refractivity contribution in [1.82, 2.24) is 9.97 Å². The van der Waals surface area contributed by atoms with Gasteiger partial charge in [0.25, 0.3) is 5.56 Å². The number of aromatic amines is 1. The molecule has 2 N–H and O–H groups in total. The number of carbonyl (C=O) groups is 2. The number of methoxy groups -OCH3 is 1. The second kappa shape index (κ2) is 9.47.